The predicted molar refractivity (Wildman–Crippen MR) is 154 cm³/mol. The van der Waals surface area contributed by atoms with E-state index in [1.165, 1.54) is 16.9 Å². The van der Waals surface area contributed by atoms with Crippen LogP contribution < -0.4 is 11.5 Å². The second kappa shape index (κ2) is 11.5. The summed E-state index contributed by atoms with van der Waals surface area (Å²) < 4.78 is 0. The Hall–Kier alpha value is -3.80. The van der Waals surface area contributed by atoms with E-state index in [0.29, 0.717) is 22.8 Å². The minimum atomic E-state index is -0.270. The van der Waals surface area contributed by atoms with Crippen LogP contribution in [0.2, 0.25) is 5.21 Å². The van der Waals surface area contributed by atoms with Crippen LogP contribution in [0.25, 0.3) is 33.0 Å². The molecule has 1 atom stereocenters. The van der Waals surface area contributed by atoms with Gasteiger partial charge in [-0.05, 0) is 0 Å². The SMILES string of the molecule is Nc1nnc(-c2cnc(-c3ccc(C[AsH]CCC(=O)c4ccccc4N)cc3)c(-c3ccccc3)c2)s1. The molecule has 0 radical (unpaired) electrons. The summed E-state index contributed by atoms with van der Waals surface area (Å²) in [6.45, 7) is 0. The number of hydrogen-bond acceptors (Lipinski definition) is 7. The Morgan fingerprint density at radius 1 is 0.838 bits per heavy atom. The topological polar surface area (TPSA) is 108 Å². The van der Waals surface area contributed by atoms with E-state index in [-0.39, 0.29) is 21.5 Å². The summed E-state index contributed by atoms with van der Waals surface area (Å²) in [5.41, 5.74) is 19.2. The molecule has 1 unspecified atom stereocenters. The van der Waals surface area contributed by atoms with E-state index in [1.54, 1.807) is 6.07 Å². The van der Waals surface area contributed by atoms with E-state index in [1.807, 2.05) is 42.6 Å². The Morgan fingerprint density at radius 2 is 1.59 bits per heavy atom. The van der Waals surface area contributed by atoms with Gasteiger partial charge in [-0.25, -0.2) is 0 Å². The monoisotopic (exact) mass is 567 g/mol. The number of ketones is 1. The standard InChI is InChI=1S/C29H26AsN5OS/c31-25-9-5-4-8-23(25)26(36)14-15-30-17-19-10-12-21(13-11-19)27-24(20-6-2-1-3-7-20)16-22(18-33-27)28-34-35-29(32)37-28/h1-13,16,18,30H,14-15,17,31H2,(H2,32,35). The predicted octanol–water partition coefficient (Wildman–Crippen LogP) is 5.73. The number of rotatable bonds is 9. The van der Waals surface area contributed by atoms with Crippen LogP contribution in [0.4, 0.5) is 10.8 Å². The molecule has 6 nitrogen and oxygen atoms in total. The van der Waals surface area contributed by atoms with Crippen LogP contribution in [0.1, 0.15) is 22.3 Å². The maximum absolute atomic E-state index is 12.5. The molecule has 0 amide bonds. The molecule has 0 spiro atoms. The van der Waals surface area contributed by atoms with E-state index < -0.39 is 0 Å². The average molecular weight is 568 g/mol. The van der Waals surface area contributed by atoms with Gasteiger partial charge in [-0.1, -0.05) is 0 Å². The molecule has 0 aliphatic heterocycles. The molecule has 0 saturated carbocycles. The van der Waals surface area contributed by atoms with Gasteiger partial charge in [0.1, 0.15) is 0 Å². The molecule has 0 bridgehead atoms. The van der Waals surface area contributed by atoms with Crippen LogP contribution in [-0.2, 0) is 5.21 Å². The first-order valence-corrected chi connectivity index (χ1v) is 15.7. The van der Waals surface area contributed by atoms with E-state index in [2.05, 4.69) is 52.7 Å². The van der Waals surface area contributed by atoms with Crippen molar-refractivity contribution in [2.45, 2.75) is 16.8 Å². The number of Topliss-reactive ketones (excluding diaryl/α,β-unsaturated/α-hetero) is 1. The van der Waals surface area contributed by atoms with Crippen molar-refractivity contribution in [3.63, 3.8) is 0 Å². The Labute approximate surface area is 226 Å². The molecule has 0 fully saturated rings. The van der Waals surface area contributed by atoms with E-state index in [9.17, 15) is 4.79 Å². The van der Waals surface area contributed by atoms with Crippen LogP contribution in [0.5, 0.6) is 0 Å². The molecule has 0 saturated heterocycles. The van der Waals surface area contributed by atoms with Crippen molar-refractivity contribution in [1.29, 1.82) is 0 Å². The van der Waals surface area contributed by atoms with Crippen molar-refractivity contribution < 1.29 is 4.79 Å². The van der Waals surface area contributed by atoms with Crippen molar-refractivity contribution in [1.82, 2.24) is 15.2 Å². The first kappa shape index (κ1) is 24.9. The quantitative estimate of drug-likeness (QED) is 0.102. The van der Waals surface area contributed by atoms with Gasteiger partial charge in [0.2, 0.25) is 0 Å². The Kier molecular flexibility index (Phi) is 7.73. The van der Waals surface area contributed by atoms with Crippen LogP contribution in [0, 0.1) is 0 Å². The van der Waals surface area contributed by atoms with Gasteiger partial charge in [-0.2, -0.15) is 0 Å². The Morgan fingerprint density at radius 3 is 2.32 bits per heavy atom. The molecule has 2 heterocycles. The molecule has 37 heavy (non-hydrogen) atoms. The van der Waals surface area contributed by atoms with Gasteiger partial charge in [-0.3, -0.25) is 0 Å². The first-order chi connectivity index (χ1) is 18.1. The van der Waals surface area contributed by atoms with Crippen molar-refractivity contribution >= 4 is 43.7 Å². The number of aromatic nitrogens is 3. The number of anilines is 2. The molecule has 5 aromatic rings. The number of nitrogen functional groups attached to an aromatic ring is 2. The van der Waals surface area contributed by atoms with Gasteiger partial charge in [0.05, 0.1) is 0 Å². The molecule has 0 aliphatic rings. The van der Waals surface area contributed by atoms with Crippen LogP contribution in [0.3, 0.4) is 0 Å². The zero-order valence-corrected chi connectivity index (χ0v) is 23.0. The average Bonchev–Trinajstić information content (AvgIpc) is 3.38. The van der Waals surface area contributed by atoms with Crippen molar-refractivity contribution in [3.8, 4) is 33.0 Å². The number of carbonyl (C=O) groups is 1. The molecular formula is C29H26AsN5OS. The molecular weight excluding hydrogens is 541 g/mol. The normalized spacial score (nSPS) is 11.2. The van der Waals surface area contributed by atoms with Crippen molar-refractivity contribution in [3.05, 3.63) is 102 Å². The Bertz CT molecular complexity index is 1520. The van der Waals surface area contributed by atoms with Gasteiger partial charge >= 0.3 is 221 Å². The molecule has 5 rings (SSSR count). The molecule has 8 heteroatoms. The van der Waals surface area contributed by atoms with Crippen LogP contribution >= 0.6 is 11.3 Å². The fourth-order valence-corrected chi connectivity index (χ4v) is 7.01. The third-order valence-corrected chi connectivity index (χ3v) is 9.46. The zero-order chi connectivity index (χ0) is 25.6. The molecule has 184 valence electrons. The van der Waals surface area contributed by atoms with Crippen molar-refractivity contribution in [2.24, 2.45) is 0 Å². The number of nitrogens with two attached hydrogens (primary N) is 2. The van der Waals surface area contributed by atoms with Crippen molar-refractivity contribution in [2.75, 3.05) is 11.5 Å². The van der Waals surface area contributed by atoms with E-state index >= 15 is 0 Å². The number of benzene rings is 3. The van der Waals surface area contributed by atoms with E-state index in [0.717, 1.165) is 43.4 Å². The maximum atomic E-state index is 12.5. The first-order valence-electron chi connectivity index (χ1n) is 11.9. The number of pyridine rings is 1. The van der Waals surface area contributed by atoms with Gasteiger partial charge in [0, 0.05) is 0 Å². The van der Waals surface area contributed by atoms with Gasteiger partial charge in [0.25, 0.3) is 0 Å². The third kappa shape index (κ3) is 5.96. The number of hydrogen-bond donors (Lipinski definition) is 2. The second-order valence-electron chi connectivity index (χ2n) is 8.57. The molecule has 3 aromatic carbocycles. The number of carbonyl (C=O) groups excluding carboxylic acids is 1. The summed E-state index contributed by atoms with van der Waals surface area (Å²) in [5.74, 6) is 0.136. The fourth-order valence-electron chi connectivity index (χ4n) is 4.10. The van der Waals surface area contributed by atoms with Gasteiger partial charge < -0.3 is 5.73 Å². The summed E-state index contributed by atoms with van der Waals surface area (Å²) in [4.78, 5) is 17.3. The third-order valence-electron chi connectivity index (χ3n) is 6.01. The summed E-state index contributed by atoms with van der Waals surface area (Å²) in [7, 11) is 0. The number of para-hydroxylation sites is 1. The molecule has 2 aromatic heterocycles. The van der Waals surface area contributed by atoms with E-state index in [4.69, 9.17) is 16.5 Å². The minimum absolute atomic E-state index is 0.136. The van der Waals surface area contributed by atoms with Crippen LogP contribution in [-0.4, -0.2) is 36.7 Å². The summed E-state index contributed by atoms with van der Waals surface area (Å²) >= 11 is 1.08. The molecule has 0 aliphatic carbocycles. The van der Waals surface area contributed by atoms with Gasteiger partial charge in [0.15, 0.2) is 0 Å². The second-order valence-corrected chi connectivity index (χ2v) is 12.4. The summed E-state index contributed by atoms with van der Waals surface area (Å²) in [6.07, 6.45) is 2.39. The van der Waals surface area contributed by atoms with Crippen LogP contribution in [0.15, 0.2) is 91.1 Å². The Balaban J connectivity index is 1.29. The number of nitrogens with zero attached hydrogens (tertiary/aromatic N) is 3. The molecule has 4 N–H and O–H groups in total. The van der Waals surface area contributed by atoms with Gasteiger partial charge in [-0.15, -0.1) is 0 Å². The zero-order valence-electron chi connectivity index (χ0n) is 20.1. The fraction of sp³-hybridized carbons (Fsp3) is 0.103. The summed E-state index contributed by atoms with van der Waals surface area (Å²) in [6, 6.07) is 28.3. The summed E-state index contributed by atoms with van der Waals surface area (Å²) in [5, 5.41) is 11.3.